The van der Waals surface area contributed by atoms with E-state index < -0.39 is 0 Å². The van der Waals surface area contributed by atoms with Crippen molar-refractivity contribution >= 4 is 5.96 Å². The second-order valence-corrected chi connectivity index (χ2v) is 5.32. The Bertz CT molecular complexity index is 258. The molecule has 5 heteroatoms. The van der Waals surface area contributed by atoms with E-state index in [9.17, 15) is 0 Å². The summed E-state index contributed by atoms with van der Waals surface area (Å²) in [6.07, 6.45) is 3.91. The number of likely N-dealkylation sites (tertiary alicyclic amines) is 1. The standard InChI is InChI=1S/C14H30N4O/c1-13-6-4-9-18(12-13)10-5-7-16-14(15-2)17-8-11-19-3/h13H,4-12H2,1-3H3,(H2,15,16,17). The Morgan fingerprint density at radius 2 is 2.16 bits per heavy atom. The zero-order chi connectivity index (χ0) is 13.9. The van der Waals surface area contributed by atoms with E-state index >= 15 is 0 Å². The lowest BCUT2D eigenvalue weighted by Gasteiger charge is -2.30. The lowest BCUT2D eigenvalue weighted by molar-refractivity contribution is 0.182. The van der Waals surface area contributed by atoms with E-state index in [-0.39, 0.29) is 0 Å². The number of ether oxygens (including phenoxy) is 1. The van der Waals surface area contributed by atoms with Crippen molar-refractivity contribution in [2.75, 3.05) is 53.5 Å². The highest BCUT2D eigenvalue weighted by atomic mass is 16.5. The van der Waals surface area contributed by atoms with Gasteiger partial charge < -0.3 is 20.3 Å². The van der Waals surface area contributed by atoms with Crippen LogP contribution in [0.5, 0.6) is 0 Å². The third-order valence-electron chi connectivity index (χ3n) is 3.51. The molecule has 1 aliphatic heterocycles. The van der Waals surface area contributed by atoms with E-state index in [1.165, 1.54) is 32.5 Å². The molecule has 112 valence electrons. The molecule has 1 unspecified atom stereocenters. The molecule has 0 radical (unpaired) electrons. The molecule has 1 heterocycles. The summed E-state index contributed by atoms with van der Waals surface area (Å²) in [5, 5.41) is 6.55. The van der Waals surface area contributed by atoms with Gasteiger partial charge in [0.25, 0.3) is 0 Å². The molecule has 1 rings (SSSR count). The highest BCUT2D eigenvalue weighted by Crippen LogP contribution is 2.15. The van der Waals surface area contributed by atoms with Gasteiger partial charge in [0.05, 0.1) is 6.61 Å². The van der Waals surface area contributed by atoms with E-state index in [1.54, 1.807) is 14.2 Å². The number of aliphatic imine (C=N–C) groups is 1. The van der Waals surface area contributed by atoms with Crippen LogP contribution in [-0.4, -0.2) is 64.3 Å². The molecular formula is C14H30N4O. The van der Waals surface area contributed by atoms with Crippen LogP contribution in [0.15, 0.2) is 4.99 Å². The topological polar surface area (TPSA) is 48.9 Å². The number of nitrogens with zero attached hydrogens (tertiary/aromatic N) is 2. The number of guanidine groups is 1. The SMILES string of the molecule is CN=C(NCCCN1CCCC(C)C1)NCCOC. The predicted molar refractivity (Wildman–Crippen MR) is 80.7 cm³/mol. The Hall–Kier alpha value is -0.810. The lowest BCUT2D eigenvalue weighted by atomic mass is 10.0. The fourth-order valence-corrected chi connectivity index (χ4v) is 2.49. The molecule has 0 aliphatic carbocycles. The summed E-state index contributed by atoms with van der Waals surface area (Å²) in [6, 6.07) is 0. The van der Waals surface area contributed by atoms with Gasteiger partial charge in [-0.3, -0.25) is 4.99 Å². The van der Waals surface area contributed by atoms with Gasteiger partial charge in [-0.05, 0) is 38.3 Å². The molecule has 1 atom stereocenters. The maximum atomic E-state index is 5.00. The molecular weight excluding hydrogens is 240 g/mol. The number of nitrogens with one attached hydrogen (secondary N) is 2. The Kier molecular flexibility index (Phi) is 8.58. The van der Waals surface area contributed by atoms with Crippen molar-refractivity contribution in [2.45, 2.75) is 26.2 Å². The lowest BCUT2D eigenvalue weighted by Crippen LogP contribution is -2.41. The maximum absolute atomic E-state index is 5.00. The van der Waals surface area contributed by atoms with Crippen LogP contribution in [-0.2, 0) is 4.74 Å². The predicted octanol–water partition coefficient (Wildman–Crippen LogP) is 0.920. The number of piperidine rings is 1. The quantitative estimate of drug-likeness (QED) is 0.410. The molecule has 1 fully saturated rings. The van der Waals surface area contributed by atoms with Gasteiger partial charge in [0.2, 0.25) is 0 Å². The fourth-order valence-electron chi connectivity index (χ4n) is 2.49. The molecule has 5 nitrogen and oxygen atoms in total. The smallest absolute Gasteiger partial charge is 0.191 e. The van der Waals surface area contributed by atoms with Crippen LogP contribution in [0.2, 0.25) is 0 Å². The Morgan fingerprint density at radius 1 is 1.37 bits per heavy atom. The second-order valence-electron chi connectivity index (χ2n) is 5.32. The third kappa shape index (κ3) is 7.38. The molecule has 0 spiro atoms. The highest BCUT2D eigenvalue weighted by Gasteiger charge is 2.15. The van der Waals surface area contributed by atoms with Crippen molar-refractivity contribution in [3.8, 4) is 0 Å². The van der Waals surface area contributed by atoms with E-state index in [0.29, 0.717) is 6.61 Å². The molecule has 19 heavy (non-hydrogen) atoms. The highest BCUT2D eigenvalue weighted by molar-refractivity contribution is 5.79. The first-order valence-electron chi connectivity index (χ1n) is 7.42. The van der Waals surface area contributed by atoms with Crippen LogP contribution in [0.1, 0.15) is 26.2 Å². The van der Waals surface area contributed by atoms with Crippen molar-refractivity contribution in [1.29, 1.82) is 0 Å². The van der Waals surface area contributed by atoms with Gasteiger partial charge in [0.15, 0.2) is 5.96 Å². The number of hydrogen-bond donors (Lipinski definition) is 2. The zero-order valence-electron chi connectivity index (χ0n) is 12.7. The second kappa shape index (κ2) is 10.0. The van der Waals surface area contributed by atoms with Crippen LogP contribution < -0.4 is 10.6 Å². The summed E-state index contributed by atoms with van der Waals surface area (Å²) in [4.78, 5) is 6.76. The van der Waals surface area contributed by atoms with E-state index in [2.05, 4.69) is 27.4 Å². The first-order valence-corrected chi connectivity index (χ1v) is 7.42. The average molecular weight is 270 g/mol. The number of hydrogen-bond acceptors (Lipinski definition) is 3. The molecule has 0 saturated carbocycles. The molecule has 0 aromatic rings. The monoisotopic (exact) mass is 270 g/mol. The fraction of sp³-hybridized carbons (Fsp3) is 0.929. The number of rotatable bonds is 7. The summed E-state index contributed by atoms with van der Waals surface area (Å²) >= 11 is 0. The van der Waals surface area contributed by atoms with Gasteiger partial charge in [-0.25, -0.2) is 0 Å². The molecule has 1 aliphatic rings. The maximum Gasteiger partial charge on any atom is 0.191 e. The van der Waals surface area contributed by atoms with Crippen molar-refractivity contribution in [3.63, 3.8) is 0 Å². The summed E-state index contributed by atoms with van der Waals surface area (Å²) in [6.45, 7) is 8.54. The van der Waals surface area contributed by atoms with Crippen LogP contribution in [0.3, 0.4) is 0 Å². The molecule has 2 N–H and O–H groups in total. The van der Waals surface area contributed by atoms with E-state index in [4.69, 9.17) is 4.74 Å². The van der Waals surface area contributed by atoms with Gasteiger partial charge in [-0.1, -0.05) is 6.92 Å². The first-order chi connectivity index (χ1) is 9.26. The summed E-state index contributed by atoms with van der Waals surface area (Å²) in [5.74, 6) is 1.73. The van der Waals surface area contributed by atoms with Crippen molar-refractivity contribution in [2.24, 2.45) is 10.9 Å². The van der Waals surface area contributed by atoms with Crippen LogP contribution >= 0.6 is 0 Å². The van der Waals surface area contributed by atoms with Crippen molar-refractivity contribution < 1.29 is 4.74 Å². The van der Waals surface area contributed by atoms with Gasteiger partial charge >= 0.3 is 0 Å². The Balaban J connectivity index is 2.05. The zero-order valence-corrected chi connectivity index (χ0v) is 12.7. The summed E-state index contributed by atoms with van der Waals surface area (Å²) < 4.78 is 5.00. The largest absolute Gasteiger partial charge is 0.383 e. The van der Waals surface area contributed by atoms with E-state index in [0.717, 1.165) is 31.4 Å². The van der Waals surface area contributed by atoms with Crippen LogP contribution in [0.4, 0.5) is 0 Å². The van der Waals surface area contributed by atoms with Crippen molar-refractivity contribution in [3.05, 3.63) is 0 Å². The normalized spacial score (nSPS) is 21.4. The minimum Gasteiger partial charge on any atom is -0.383 e. The number of methoxy groups -OCH3 is 1. The minimum atomic E-state index is 0.701. The summed E-state index contributed by atoms with van der Waals surface area (Å²) in [7, 11) is 3.51. The van der Waals surface area contributed by atoms with Gasteiger partial charge in [0, 0.05) is 33.8 Å². The van der Waals surface area contributed by atoms with Crippen LogP contribution in [0.25, 0.3) is 0 Å². The van der Waals surface area contributed by atoms with Gasteiger partial charge in [0.1, 0.15) is 0 Å². The minimum absolute atomic E-state index is 0.701. The molecule has 0 aromatic heterocycles. The van der Waals surface area contributed by atoms with Crippen molar-refractivity contribution in [1.82, 2.24) is 15.5 Å². The molecule has 0 aromatic carbocycles. The molecule has 0 bridgehead atoms. The Morgan fingerprint density at radius 3 is 2.84 bits per heavy atom. The molecule has 0 amide bonds. The Labute approximate surface area is 117 Å². The first kappa shape index (κ1) is 16.2. The van der Waals surface area contributed by atoms with E-state index in [1.807, 2.05) is 0 Å². The average Bonchev–Trinajstić information content (AvgIpc) is 2.41. The summed E-state index contributed by atoms with van der Waals surface area (Å²) in [5.41, 5.74) is 0. The van der Waals surface area contributed by atoms with Gasteiger partial charge in [-0.2, -0.15) is 0 Å². The third-order valence-corrected chi connectivity index (χ3v) is 3.51. The molecule has 1 saturated heterocycles. The van der Waals surface area contributed by atoms with Gasteiger partial charge in [-0.15, -0.1) is 0 Å². The van der Waals surface area contributed by atoms with Crippen LogP contribution in [0, 0.1) is 5.92 Å².